The standard InChI is InChI=1S/C24H34N4O5/c1-4-32-10-9-27-19-12-18(7-8-20(19)33-24(2,3)23(27)31)28(17-5-6-17)22(30)16-11-15(21(25)29)13-26-14-16/h7-8,12,15-17,26H,4-6,9-11,13-14H2,1-3H3,(H2,25,29)/t15-,16+/m0/s1. The Labute approximate surface area is 194 Å². The van der Waals surface area contributed by atoms with E-state index in [2.05, 4.69) is 5.32 Å². The summed E-state index contributed by atoms with van der Waals surface area (Å²) in [5, 5.41) is 3.18. The Balaban J connectivity index is 1.63. The molecular weight excluding hydrogens is 424 g/mol. The normalized spacial score (nSPS) is 24.1. The van der Waals surface area contributed by atoms with Crippen LogP contribution in [0.15, 0.2) is 18.2 Å². The summed E-state index contributed by atoms with van der Waals surface area (Å²) in [6.45, 7) is 7.84. The minimum atomic E-state index is -0.982. The van der Waals surface area contributed by atoms with Gasteiger partial charge in [-0.05, 0) is 58.2 Å². The van der Waals surface area contributed by atoms with Crippen LogP contribution in [0.1, 0.15) is 40.0 Å². The highest BCUT2D eigenvalue weighted by Gasteiger charge is 2.43. The Morgan fingerprint density at radius 2 is 2.00 bits per heavy atom. The Morgan fingerprint density at radius 1 is 1.27 bits per heavy atom. The van der Waals surface area contributed by atoms with Gasteiger partial charge in [0, 0.05) is 38.0 Å². The van der Waals surface area contributed by atoms with Crippen molar-refractivity contribution in [2.24, 2.45) is 17.6 Å². The summed E-state index contributed by atoms with van der Waals surface area (Å²) in [5.74, 6) is -0.596. The van der Waals surface area contributed by atoms with Crippen molar-refractivity contribution in [1.29, 1.82) is 0 Å². The Kier molecular flexibility index (Phi) is 6.63. The van der Waals surface area contributed by atoms with Crippen molar-refractivity contribution in [3.8, 4) is 5.75 Å². The molecule has 1 saturated carbocycles. The van der Waals surface area contributed by atoms with Gasteiger partial charge in [-0.2, -0.15) is 0 Å². The molecule has 9 heteroatoms. The monoisotopic (exact) mass is 458 g/mol. The number of nitrogens with one attached hydrogen (secondary N) is 1. The summed E-state index contributed by atoms with van der Waals surface area (Å²) in [7, 11) is 0. The smallest absolute Gasteiger partial charge is 0.270 e. The second kappa shape index (κ2) is 9.30. The highest BCUT2D eigenvalue weighted by Crippen LogP contribution is 2.42. The van der Waals surface area contributed by atoms with Crippen LogP contribution in [0.25, 0.3) is 0 Å². The number of rotatable bonds is 8. The maximum Gasteiger partial charge on any atom is 0.270 e. The van der Waals surface area contributed by atoms with E-state index in [1.165, 1.54) is 0 Å². The molecule has 1 aliphatic carbocycles. The zero-order valence-electron chi connectivity index (χ0n) is 19.6. The summed E-state index contributed by atoms with van der Waals surface area (Å²) < 4.78 is 11.5. The fourth-order valence-electron chi connectivity index (χ4n) is 4.62. The van der Waals surface area contributed by atoms with Gasteiger partial charge in [0.2, 0.25) is 11.8 Å². The molecule has 2 aliphatic heterocycles. The van der Waals surface area contributed by atoms with Crippen molar-refractivity contribution in [2.45, 2.75) is 51.7 Å². The van der Waals surface area contributed by atoms with Crippen LogP contribution < -0.4 is 25.6 Å². The minimum Gasteiger partial charge on any atom is -0.476 e. The molecule has 33 heavy (non-hydrogen) atoms. The van der Waals surface area contributed by atoms with E-state index >= 15 is 0 Å². The molecule has 2 fully saturated rings. The third kappa shape index (κ3) is 4.84. The Hall–Kier alpha value is -2.65. The number of hydrogen-bond donors (Lipinski definition) is 2. The first-order valence-corrected chi connectivity index (χ1v) is 11.8. The third-order valence-electron chi connectivity index (χ3n) is 6.55. The van der Waals surface area contributed by atoms with Crippen LogP contribution in [0.4, 0.5) is 11.4 Å². The van der Waals surface area contributed by atoms with E-state index in [1.807, 2.05) is 30.0 Å². The van der Waals surface area contributed by atoms with Crippen LogP contribution in [0.3, 0.4) is 0 Å². The van der Waals surface area contributed by atoms with Crippen LogP contribution in [-0.2, 0) is 19.1 Å². The molecule has 9 nitrogen and oxygen atoms in total. The van der Waals surface area contributed by atoms with Crippen molar-refractivity contribution >= 4 is 29.1 Å². The number of benzene rings is 1. The molecule has 1 aromatic rings. The van der Waals surface area contributed by atoms with E-state index in [9.17, 15) is 14.4 Å². The summed E-state index contributed by atoms with van der Waals surface area (Å²) in [5.41, 5.74) is 5.90. The fraction of sp³-hybridized carbons (Fsp3) is 0.625. The van der Waals surface area contributed by atoms with Crippen LogP contribution in [0, 0.1) is 11.8 Å². The summed E-state index contributed by atoms with van der Waals surface area (Å²) in [6, 6.07) is 5.70. The molecule has 0 radical (unpaired) electrons. The zero-order chi connectivity index (χ0) is 23.8. The molecule has 3 amide bonds. The van der Waals surface area contributed by atoms with Gasteiger partial charge in [0.05, 0.1) is 24.1 Å². The number of carbonyl (C=O) groups is 3. The SMILES string of the molecule is CCOCCN1C(=O)C(C)(C)Oc2ccc(N(C(=O)[C@H]3CNC[C@@H](C(N)=O)C3)C3CC3)cc21. The Bertz CT molecular complexity index is 929. The van der Waals surface area contributed by atoms with Gasteiger partial charge >= 0.3 is 0 Å². The first kappa shape index (κ1) is 23.5. The zero-order valence-corrected chi connectivity index (χ0v) is 19.6. The highest BCUT2D eigenvalue weighted by atomic mass is 16.5. The van der Waals surface area contributed by atoms with E-state index in [4.69, 9.17) is 15.2 Å². The molecule has 0 bridgehead atoms. The maximum absolute atomic E-state index is 13.6. The number of primary amides is 1. The van der Waals surface area contributed by atoms with Gasteiger partial charge in [-0.3, -0.25) is 14.4 Å². The predicted molar refractivity (Wildman–Crippen MR) is 124 cm³/mol. The molecule has 0 unspecified atom stereocenters. The van der Waals surface area contributed by atoms with E-state index in [0.717, 1.165) is 18.5 Å². The van der Waals surface area contributed by atoms with Gasteiger partial charge < -0.3 is 30.3 Å². The average Bonchev–Trinajstić information content (AvgIpc) is 3.62. The number of ether oxygens (including phenoxy) is 2. The average molecular weight is 459 g/mol. The number of fused-ring (bicyclic) bond motifs is 1. The molecule has 2 atom stereocenters. The lowest BCUT2D eigenvalue weighted by Gasteiger charge is -2.39. The number of nitrogens with two attached hydrogens (primary N) is 1. The minimum absolute atomic E-state index is 0.0137. The predicted octanol–water partition coefficient (Wildman–Crippen LogP) is 1.43. The fourth-order valence-corrected chi connectivity index (χ4v) is 4.62. The van der Waals surface area contributed by atoms with Crippen LogP contribution >= 0.6 is 0 Å². The molecule has 0 spiro atoms. The highest BCUT2D eigenvalue weighted by molar-refractivity contribution is 6.04. The molecule has 4 rings (SSSR count). The van der Waals surface area contributed by atoms with E-state index in [1.54, 1.807) is 18.7 Å². The van der Waals surface area contributed by atoms with Gasteiger partial charge in [0.15, 0.2) is 5.60 Å². The summed E-state index contributed by atoms with van der Waals surface area (Å²) in [4.78, 5) is 41.9. The summed E-state index contributed by atoms with van der Waals surface area (Å²) >= 11 is 0. The van der Waals surface area contributed by atoms with Crippen molar-refractivity contribution < 1.29 is 23.9 Å². The number of carbonyl (C=O) groups excluding carboxylic acids is 3. The van der Waals surface area contributed by atoms with Crippen molar-refractivity contribution in [3.05, 3.63) is 18.2 Å². The number of hydrogen-bond acceptors (Lipinski definition) is 6. The topological polar surface area (TPSA) is 114 Å². The van der Waals surface area contributed by atoms with Crippen LogP contribution in [-0.4, -0.2) is 62.2 Å². The molecule has 180 valence electrons. The van der Waals surface area contributed by atoms with Crippen molar-refractivity contribution in [3.63, 3.8) is 0 Å². The van der Waals surface area contributed by atoms with Gasteiger partial charge in [-0.1, -0.05) is 0 Å². The first-order valence-electron chi connectivity index (χ1n) is 11.8. The lowest BCUT2D eigenvalue weighted by molar-refractivity contribution is -0.133. The second-order valence-corrected chi connectivity index (χ2v) is 9.55. The molecule has 1 saturated heterocycles. The molecule has 2 heterocycles. The number of anilines is 2. The van der Waals surface area contributed by atoms with Gasteiger partial charge in [-0.15, -0.1) is 0 Å². The molecule has 0 aromatic heterocycles. The van der Waals surface area contributed by atoms with E-state index in [0.29, 0.717) is 50.7 Å². The van der Waals surface area contributed by atoms with Gasteiger partial charge in [-0.25, -0.2) is 0 Å². The lowest BCUT2D eigenvalue weighted by atomic mass is 9.89. The Morgan fingerprint density at radius 3 is 2.67 bits per heavy atom. The second-order valence-electron chi connectivity index (χ2n) is 9.55. The van der Waals surface area contributed by atoms with Crippen LogP contribution in [0.2, 0.25) is 0 Å². The van der Waals surface area contributed by atoms with Gasteiger partial charge in [0.1, 0.15) is 5.75 Å². The quantitative estimate of drug-likeness (QED) is 0.570. The van der Waals surface area contributed by atoms with E-state index in [-0.39, 0.29) is 35.6 Å². The molecular formula is C24H34N4O5. The number of nitrogens with zero attached hydrogens (tertiary/aromatic N) is 2. The first-order chi connectivity index (χ1) is 15.7. The molecule has 3 aliphatic rings. The lowest BCUT2D eigenvalue weighted by Crippen LogP contribution is -2.53. The molecule has 1 aromatic carbocycles. The van der Waals surface area contributed by atoms with Gasteiger partial charge in [0.25, 0.3) is 5.91 Å². The number of piperidine rings is 1. The number of amides is 3. The largest absolute Gasteiger partial charge is 0.476 e. The van der Waals surface area contributed by atoms with E-state index < -0.39 is 5.60 Å². The maximum atomic E-state index is 13.6. The third-order valence-corrected chi connectivity index (χ3v) is 6.55. The summed E-state index contributed by atoms with van der Waals surface area (Å²) in [6.07, 6.45) is 2.31. The van der Waals surface area contributed by atoms with Crippen molar-refractivity contribution in [2.75, 3.05) is 42.6 Å². The van der Waals surface area contributed by atoms with Crippen molar-refractivity contribution in [1.82, 2.24) is 5.32 Å². The van der Waals surface area contributed by atoms with Crippen LogP contribution in [0.5, 0.6) is 5.75 Å². The molecule has 3 N–H and O–H groups in total.